The summed E-state index contributed by atoms with van der Waals surface area (Å²) < 4.78 is 5.34. The van der Waals surface area contributed by atoms with Gasteiger partial charge in [0.25, 0.3) is 0 Å². The van der Waals surface area contributed by atoms with Crippen LogP contribution in [0.3, 0.4) is 0 Å². The molecule has 1 aromatic carbocycles. The van der Waals surface area contributed by atoms with Crippen LogP contribution in [0.25, 0.3) is 0 Å². The summed E-state index contributed by atoms with van der Waals surface area (Å²) in [4.78, 5) is 5.25. The van der Waals surface area contributed by atoms with Crippen molar-refractivity contribution in [1.29, 1.82) is 0 Å². The molecule has 0 radical (unpaired) electrons. The lowest BCUT2D eigenvalue weighted by Crippen LogP contribution is -2.49. The zero-order valence-corrected chi connectivity index (χ0v) is 14.5. The van der Waals surface area contributed by atoms with Gasteiger partial charge in [-0.15, -0.1) is 12.4 Å². The van der Waals surface area contributed by atoms with Crippen molar-refractivity contribution >= 4 is 12.4 Å². The molecule has 5 heteroatoms. The molecule has 22 heavy (non-hydrogen) atoms. The number of piperazine rings is 1. The summed E-state index contributed by atoms with van der Waals surface area (Å²) >= 11 is 0. The molecule has 1 unspecified atom stereocenters. The molecule has 0 amide bonds. The second-order valence-electron chi connectivity index (χ2n) is 6.27. The Balaban J connectivity index is 0.00000176. The molecule has 1 aromatic rings. The van der Waals surface area contributed by atoms with E-state index in [4.69, 9.17) is 4.74 Å². The van der Waals surface area contributed by atoms with E-state index in [2.05, 4.69) is 40.2 Å². The van der Waals surface area contributed by atoms with Crippen molar-refractivity contribution < 1.29 is 4.74 Å². The third-order valence-electron chi connectivity index (χ3n) is 4.78. The molecule has 0 saturated carbocycles. The van der Waals surface area contributed by atoms with E-state index in [0.29, 0.717) is 0 Å². The van der Waals surface area contributed by atoms with Crippen molar-refractivity contribution in [2.45, 2.75) is 25.9 Å². The molecule has 4 nitrogen and oxygen atoms in total. The van der Waals surface area contributed by atoms with Crippen molar-refractivity contribution in [1.82, 2.24) is 15.1 Å². The molecular weight excluding hydrogens is 298 g/mol. The summed E-state index contributed by atoms with van der Waals surface area (Å²) in [6.45, 7) is 10.3. The van der Waals surface area contributed by atoms with Gasteiger partial charge in [0, 0.05) is 51.9 Å². The summed E-state index contributed by atoms with van der Waals surface area (Å²) in [5.41, 5.74) is 2.63. The highest BCUT2D eigenvalue weighted by molar-refractivity contribution is 5.85. The van der Waals surface area contributed by atoms with Gasteiger partial charge in [-0.2, -0.15) is 0 Å². The fraction of sp³-hybridized carbons (Fsp3) is 0.647. The van der Waals surface area contributed by atoms with Gasteiger partial charge in [-0.1, -0.05) is 12.1 Å². The van der Waals surface area contributed by atoms with Crippen LogP contribution in [-0.4, -0.2) is 62.2 Å². The van der Waals surface area contributed by atoms with Gasteiger partial charge in [-0.05, 0) is 30.5 Å². The second-order valence-corrected chi connectivity index (χ2v) is 6.27. The molecule has 2 heterocycles. The van der Waals surface area contributed by atoms with E-state index in [0.717, 1.165) is 31.4 Å². The first-order valence-corrected chi connectivity index (χ1v) is 8.07. The number of nitrogens with one attached hydrogen (secondary N) is 1. The average molecular weight is 326 g/mol. The maximum absolute atomic E-state index is 5.34. The van der Waals surface area contributed by atoms with Gasteiger partial charge in [0.1, 0.15) is 5.75 Å². The maximum atomic E-state index is 5.34. The van der Waals surface area contributed by atoms with Crippen LogP contribution >= 0.6 is 12.4 Å². The van der Waals surface area contributed by atoms with E-state index in [1.54, 1.807) is 7.11 Å². The minimum atomic E-state index is 0. The molecule has 2 aliphatic heterocycles. The van der Waals surface area contributed by atoms with Crippen LogP contribution in [0.15, 0.2) is 18.2 Å². The minimum Gasteiger partial charge on any atom is -0.496 e. The highest BCUT2D eigenvalue weighted by Crippen LogP contribution is 2.22. The van der Waals surface area contributed by atoms with E-state index in [9.17, 15) is 0 Å². The van der Waals surface area contributed by atoms with Crippen molar-refractivity contribution in [2.75, 3.05) is 46.4 Å². The number of nitrogens with zero attached hydrogens (tertiary/aromatic N) is 2. The highest BCUT2D eigenvalue weighted by atomic mass is 35.5. The molecule has 0 spiro atoms. The first-order chi connectivity index (χ1) is 10.3. The number of halogens is 1. The predicted octanol–water partition coefficient (Wildman–Crippen LogP) is 1.90. The Bertz CT molecular complexity index is 477. The van der Waals surface area contributed by atoms with Gasteiger partial charge in [0.2, 0.25) is 0 Å². The van der Waals surface area contributed by atoms with Crippen molar-refractivity contribution in [3.05, 3.63) is 29.3 Å². The summed E-state index contributed by atoms with van der Waals surface area (Å²) in [7, 11) is 1.74. The molecular formula is C17H28ClN3O. The highest BCUT2D eigenvalue weighted by Gasteiger charge is 2.28. The monoisotopic (exact) mass is 325 g/mol. The van der Waals surface area contributed by atoms with Gasteiger partial charge in [0.15, 0.2) is 0 Å². The normalized spacial score (nSPS) is 23.3. The number of benzene rings is 1. The molecule has 2 saturated heterocycles. The number of hydrogen-bond donors (Lipinski definition) is 1. The molecule has 1 atom stereocenters. The summed E-state index contributed by atoms with van der Waals surface area (Å²) in [6.07, 6.45) is 1.31. The van der Waals surface area contributed by atoms with E-state index in [1.807, 2.05) is 0 Å². The zero-order chi connectivity index (χ0) is 14.7. The number of likely N-dealkylation sites (tertiary alicyclic amines) is 1. The van der Waals surface area contributed by atoms with Gasteiger partial charge in [-0.25, -0.2) is 0 Å². The third kappa shape index (κ3) is 4.13. The van der Waals surface area contributed by atoms with Crippen LogP contribution < -0.4 is 10.1 Å². The molecule has 1 N–H and O–H groups in total. The Hall–Kier alpha value is -0.810. The average Bonchev–Trinajstić information content (AvgIpc) is 2.97. The topological polar surface area (TPSA) is 27.7 Å². The standard InChI is InChI=1S/C17H27N3O.ClH/c1-14-11-15(3-4-17(14)21-2)12-19-8-5-16(13-19)20-9-6-18-7-10-20;/h3-4,11,16,18H,5-10,12-13H2,1-2H3;1H. The zero-order valence-electron chi connectivity index (χ0n) is 13.7. The molecule has 0 aromatic heterocycles. The van der Waals surface area contributed by atoms with E-state index < -0.39 is 0 Å². The lowest BCUT2D eigenvalue weighted by atomic mass is 10.1. The minimum absolute atomic E-state index is 0. The van der Waals surface area contributed by atoms with Gasteiger partial charge in [0.05, 0.1) is 7.11 Å². The van der Waals surface area contributed by atoms with Gasteiger partial charge >= 0.3 is 0 Å². The summed E-state index contributed by atoms with van der Waals surface area (Å²) in [5, 5.41) is 3.44. The lowest BCUT2D eigenvalue weighted by Gasteiger charge is -2.32. The largest absolute Gasteiger partial charge is 0.496 e. The first-order valence-electron chi connectivity index (χ1n) is 8.07. The molecule has 0 bridgehead atoms. The summed E-state index contributed by atoms with van der Waals surface area (Å²) in [6, 6.07) is 7.31. The van der Waals surface area contributed by atoms with E-state index >= 15 is 0 Å². The molecule has 0 aliphatic carbocycles. The van der Waals surface area contributed by atoms with Crippen molar-refractivity contribution in [2.24, 2.45) is 0 Å². The fourth-order valence-electron chi connectivity index (χ4n) is 3.60. The smallest absolute Gasteiger partial charge is 0.121 e. The van der Waals surface area contributed by atoms with E-state index in [1.165, 1.54) is 43.7 Å². The Morgan fingerprint density at radius 1 is 1.23 bits per heavy atom. The summed E-state index contributed by atoms with van der Waals surface area (Å²) in [5.74, 6) is 0.985. The van der Waals surface area contributed by atoms with Crippen LogP contribution in [0.5, 0.6) is 5.75 Å². The quantitative estimate of drug-likeness (QED) is 0.915. The van der Waals surface area contributed by atoms with Crippen LogP contribution in [0, 0.1) is 6.92 Å². The fourth-order valence-corrected chi connectivity index (χ4v) is 3.60. The molecule has 2 fully saturated rings. The SMILES string of the molecule is COc1ccc(CN2CCC(N3CCNCC3)C2)cc1C.Cl. The van der Waals surface area contributed by atoms with Crippen molar-refractivity contribution in [3.63, 3.8) is 0 Å². The van der Waals surface area contributed by atoms with Gasteiger partial charge < -0.3 is 10.1 Å². The molecule has 3 rings (SSSR count). The molecule has 124 valence electrons. The number of ether oxygens (including phenoxy) is 1. The van der Waals surface area contributed by atoms with Crippen molar-refractivity contribution in [3.8, 4) is 5.75 Å². The molecule has 2 aliphatic rings. The number of methoxy groups -OCH3 is 1. The van der Waals surface area contributed by atoms with Crippen LogP contribution in [0.4, 0.5) is 0 Å². The Morgan fingerprint density at radius 3 is 2.68 bits per heavy atom. The Labute approximate surface area is 140 Å². The van der Waals surface area contributed by atoms with E-state index in [-0.39, 0.29) is 12.4 Å². The van der Waals surface area contributed by atoms with Crippen LogP contribution in [0.1, 0.15) is 17.5 Å². The van der Waals surface area contributed by atoms with Gasteiger partial charge in [-0.3, -0.25) is 9.80 Å². The number of hydrogen-bond acceptors (Lipinski definition) is 4. The van der Waals surface area contributed by atoms with Crippen LogP contribution in [-0.2, 0) is 6.54 Å². The maximum Gasteiger partial charge on any atom is 0.121 e. The Morgan fingerprint density at radius 2 is 2.00 bits per heavy atom. The Kier molecular flexibility index (Phi) is 6.50. The first kappa shape index (κ1) is 17.5. The third-order valence-corrected chi connectivity index (χ3v) is 4.78. The number of rotatable bonds is 4. The predicted molar refractivity (Wildman–Crippen MR) is 93.1 cm³/mol. The lowest BCUT2D eigenvalue weighted by molar-refractivity contribution is 0.170. The number of aryl methyl sites for hydroxylation is 1. The van der Waals surface area contributed by atoms with Crippen LogP contribution in [0.2, 0.25) is 0 Å². The second kappa shape index (κ2) is 8.16.